The summed E-state index contributed by atoms with van der Waals surface area (Å²) in [6.45, 7) is 1.71. The monoisotopic (exact) mass is 342 g/mol. The van der Waals surface area contributed by atoms with Crippen molar-refractivity contribution in [3.8, 4) is 0 Å². The summed E-state index contributed by atoms with van der Waals surface area (Å²) in [5, 5.41) is 5.17. The first-order valence-corrected chi connectivity index (χ1v) is 7.86. The van der Waals surface area contributed by atoms with Gasteiger partial charge in [-0.15, -0.1) is 0 Å². The van der Waals surface area contributed by atoms with E-state index in [-0.39, 0.29) is 24.6 Å². The van der Waals surface area contributed by atoms with E-state index >= 15 is 0 Å². The number of ketones is 1. The number of amides is 2. The minimum Gasteiger partial charge on any atom is -0.355 e. The number of hydrogen-bond acceptors (Lipinski definition) is 3. The third-order valence-electron chi connectivity index (χ3n) is 3.57. The third kappa shape index (κ3) is 5.84. The summed E-state index contributed by atoms with van der Waals surface area (Å²) in [4.78, 5) is 34.8. The van der Waals surface area contributed by atoms with Crippen LogP contribution in [0.2, 0.25) is 0 Å². The molecule has 2 amide bonds. The fourth-order valence-electron chi connectivity index (χ4n) is 2.24. The number of carbonyl (C=O) groups is 3. The average molecular weight is 342 g/mol. The van der Waals surface area contributed by atoms with Crippen LogP contribution in [-0.2, 0) is 16.0 Å². The maximum absolute atomic E-state index is 13.4. The van der Waals surface area contributed by atoms with Gasteiger partial charge in [-0.1, -0.05) is 18.2 Å². The van der Waals surface area contributed by atoms with E-state index in [1.54, 1.807) is 42.5 Å². The van der Waals surface area contributed by atoms with E-state index in [0.29, 0.717) is 23.2 Å². The van der Waals surface area contributed by atoms with Crippen LogP contribution in [-0.4, -0.2) is 24.1 Å². The lowest BCUT2D eigenvalue weighted by Crippen LogP contribution is -2.29. The molecule has 2 rings (SSSR count). The van der Waals surface area contributed by atoms with Gasteiger partial charge in [0.05, 0.1) is 0 Å². The molecule has 0 saturated heterocycles. The molecule has 0 atom stereocenters. The minimum absolute atomic E-state index is 0.0629. The molecular formula is C19H19FN2O3. The van der Waals surface area contributed by atoms with Crippen molar-refractivity contribution < 1.29 is 18.8 Å². The summed E-state index contributed by atoms with van der Waals surface area (Å²) in [5.74, 6) is -1.27. The second kappa shape index (κ2) is 8.73. The zero-order chi connectivity index (χ0) is 18.2. The van der Waals surface area contributed by atoms with Gasteiger partial charge in [0.1, 0.15) is 12.2 Å². The van der Waals surface area contributed by atoms with Crippen LogP contribution in [0.3, 0.4) is 0 Å². The highest BCUT2D eigenvalue weighted by molar-refractivity contribution is 6.03. The summed E-state index contributed by atoms with van der Waals surface area (Å²) in [6.07, 6.45) is 0.0261. The van der Waals surface area contributed by atoms with Crippen LogP contribution in [0.4, 0.5) is 10.1 Å². The average Bonchev–Trinajstić information content (AvgIpc) is 2.57. The lowest BCUT2D eigenvalue weighted by atomic mass is 10.1. The predicted molar refractivity (Wildman–Crippen MR) is 92.8 cm³/mol. The summed E-state index contributed by atoms with van der Waals surface area (Å²) in [6, 6.07) is 12.8. The van der Waals surface area contributed by atoms with Crippen LogP contribution < -0.4 is 10.6 Å². The topological polar surface area (TPSA) is 75.3 Å². The molecule has 25 heavy (non-hydrogen) atoms. The Hall–Kier alpha value is -3.02. The van der Waals surface area contributed by atoms with E-state index in [1.165, 1.54) is 13.0 Å². The molecule has 0 heterocycles. The van der Waals surface area contributed by atoms with Crippen molar-refractivity contribution in [1.29, 1.82) is 0 Å². The van der Waals surface area contributed by atoms with Gasteiger partial charge < -0.3 is 10.6 Å². The van der Waals surface area contributed by atoms with Gasteiger partial charge in [-0.25, -0.2) is 4.39 Å². The quantitative estimate of drug-likeness (QED) is 0.600. The number of carbonyl (C=O) groups excluding carboxylic acids is 3. The van der Waals surface area contributed by atoms with Gasteiger partial charge in [-0.3, -0.25) is 14.4 Å². The Kier molecular flexibility index (Phi) is 6.39. The molecule has 0 aromatic heterocycles. The smallest absolute Gasteiger partial charge is 0.233 e. The second-order valence-electron chi connectivity index (χ2n) is 5.55. The van der Waals surface area contributed by atoms with Crippen LogP contribution in [0.1, 0.15) is 29.3 Å². The van der Waals surface area contributed by atoms with Gasteiger partial charge >= 0.3 is 0 Å². The molecule has 0 bridgehead atoms. The predicted octanol–water partition coefficient (Wildman–Crippen LogP) is 2.72. The number of nitrogens with one attached hydrogen (secondary N) is 2. The van der Waals surface area contributed by atoms with Gasteiger partial charge in [-0.2, -0.15) is 0 Å². The Morgan fingerprint density at radius 2 is 1.64 bits per heavy atom. The first kappa shape index (κ1) is 18.3. The fraction of sp³-hybridized carbons (Fsp3) is 0.211. The molecule has 0 saturated carbocycles. The van der Waals surface area contributed by atoms with Gasteiger partial charge in [0.15, 0.2) is 5.78 Å². The SMILES string of the molecule is CC(=O)c1ccc(NC(=O)CC(=O)NCCc2ccccc2F)cc1. The minimum atomic E-state index is -0.459. The van der Waals surface area contributed by atoms with Crippen LogP contribution in [0.25, 0.3) is 0 Å². The maximum atomic E-state index is 13.4. The van der Waals surface area contributed by atoms with Crippen LogP contribution in [0.15, 0.2) is 48.5 Å². The van der Waals surface area contributed by atoms with Crippen LogP contribution in [0, 0.1) is 5.82 Å². The first-order chi connectivity index (χ1) is 12.0. The molecular weight excluding hydrogens is 323 g/mol. The largest absolute Gasteiger partial charge is 0.355 e. The Morgan fingerprint density at radius 3 is 2.28 bits per heavy atom. The number of anilines is 1. The van der Waals surface area contributed by atoms with Crippen molar-refractivity contribution in [1.82, 2.24) is 5.32 Å². The van der Waals surface area contributed by atoms with Gasteiger partial charge in [0.2, 0.25) is 11.8 Å². The lowest BCUT2D eigenvalue weighted by molar-refractivity contribution is -0.126. The molecule has 2 aromatic rings. The Labute approximate surface area is 145 Å². The summed E-state index contributed by atoms with van der Waals surface area (Å²) >= 11 is 0. The molecule has 0 aliphatic carbocycles. The van der Waals surface area contributed by atoms with Crippen molar-refractivity contribution in [2.75, 3.05) is 11.9 Å². The number of rotatable bonds is 7. The van der Waals surface area contributed by atoms with Crippen molar-refractivity contribution >= 4 is 23.3 Å². The number of halogens is 1. The standard InChI is InChI=1S/C19H19FN2O3/c1-13(23)14-6-8-16(9-7-14)22-19(25)12-18(24)21-11-10-15-4-2-3-5-17(15)20/h2-9H,10-12H2,1H3,(H,21,24)(H,22,25). The molecule has 0 aliphatic rings. The van der Waals surface area contributed by atoms with Crippen molar-refractivity contribution in [2.24, 2.45) is 0 Å². The number of hydrogen-bond donors (Lipinski definition) is 2. The van der Waals surface area contributed by atoms with E-state index in [4.69, 9.17) is 0 Å². The molecule has 0 aliphatic heterocycles. The fourth-order valence-corrected chi connectivity index (χ4v) is 2.24. The summed E-state index contributed by atoms with van der Waals surface area (Å²) in [7, 11) is 0. The van der Waals surface area contributed by atoms with Gasteiger partial charge in [0, 0.05) is 17.8 Å². The van der Waals surface area contributed by atoms with Gasteiger partial charge in [0.25, 0.3) is 0 Å². The molecule has 2 N–H and O–H groups in total. The van der Waals surface area contributed by atoms with Crippen LogP contribution in [0.5, 0.6) is 0 Å². The normalized spacial score (nSPS) is 10.2. The maximum Gasteiger partial charge on any atom is 0.233 e. The Bertz CT molecular complexity index is 772. The zero-order valence-corrected chi connectivity index (χ0v) is 13.8. The Morgan fingerprint density at radius 1 is 0.960 bits per heavy atom. The van der Waals surface area contributed by atoms with Crippen molar-refractivity contribution in [3.05, 3.63) is 65.5 Å². The van der Waals surface area contributed by atoms with Crippen LogP contribution >= 0.6 is 0 Å². The summed E-state index contributed by atoms with van der Waals surface area (Å²) in [5.41, 5.74) is 1.57. The highest BCUT2D eigenvalue weighted by Crippen LogP contribution is 2.10. The highest BCUT2D eigenvalue weighted by atomic mass is 19.1. The molecule has 6 heteroatoms. The molecule has 0 unspecified atom stereocenters. The third-order valence-corrected chi connectivity index (χ3v) is 3.57. The first-order valence-electron chi connectivity index (χ1n) is 7.86. The molecule has 2 aromatic carbocycles. The number of benzene rings is 2. The molecule has 5 nitrogen and oxygen atoms in total. The molecule has 130 valence electrons. The molecule has 0 spiro atoms. The summed E-state index contributed by atoms with van der Waals surface area (Å²) < 4.78 is 13.4. The van der Waals surface area contributed by atoms with E-state index in [2.05, 4.69) is 10.6 Å². The molecule has 0 radical (unpaired) electrons. The van der Waals surface area contributed by atoms with E-state index in [1.807, 2.05) is 0 Å². The van der Waals surface area contributed by atoms with Crippen molar-refractivity contribution in [2.45, 2.75) is 19.8 Å². The van der Waals surface area contributed by atoms with E-state index < -0.39 is 11.8 Å². The lowest BCUT2D eigenvalue weighted by Gasteiger charge is -2.07. The highest BCUT2D eigenvalue weighted by Gasteiger charge is 2.10. The van der Waals surface area contributed by atoms with E-state index in [0.717, 1.165) is 0 Å². The van der Waals surface area contributed by atoms with Gasteiger partial charge in [-0.05, 0) is 49.2 Å². The number of Topliss-reactive ketones (excluding diaryl/α,β-unsaturated/α-hetero) is 1. The second-order valence-corrected chi connectivity index (χ2v) is 5.55. The molecule has 0 fully saturated rings. The van der Waals surface area contributed by atoms with E-state index in [9.17, 15) is 18.8 Å². The zero-order valence-electron chi connectivity index (χ0n) is 13.8. The Balaban J connectivity index is 1.75. The van der Waals surface area contributed by atoms with Crippen molar-refractivity contribution in [3.63, 3.8) is 0 Å².